The Hall–Kier alpha value is -1.38. The van der Waals surface area contributed by atoms with E-state index in [0.717, 1.165) is 32.5 Å². The fraction of sp³-hybridized carbons (Fsp3) is 0.400. The summed E-state index contributed by atoms with van der Waals surface area (Å²) in [6.07, 6.45) is 5.93. The Balaban J connectivity index is 1.92. The van der Waals surface area contributed by atoms with Crippen molar-refractivity contribution in [2.75, 3.05) is 19.6 Å². The van der Waals surface area contributed by atoms with Crippen LogP contribution in [0.1, 0.15) is 41.8 Å². The molecule has 0 fully saturated rings. The lowest BCUT2D eigenvalue weighted by Crippen LogP contribution is -2.23. The SMILES string of the molecule is CCN(CC)CCC=C1c2ccccc2CCc2sccc21. The topological polar surface area (TPSA) is 3.24 Å². The Kier molecular flexibility index (Phi) is 5.12. The van der Waals surface area contributed by atoms with Crippen LogP contribution in [0.3, 0.4) is 0 Å². The third-order valence-electron chi connectivity index (χ3n) is 4.65. The van der Waals surface area contributed by atoms with E-state index in [9.17, 15) is 0 Å². The third-order valence-corrected chi connectivity index (χ3v) is 5.63. The van der Waals surface area contributed by atoms with E-state index in [-0.39, 0.29) is 0 Å². The summed E-state index contributed by atoms with van der Waals surface area (Å²) in [4.78, 5) is 4.04. The van der Waals surface area contributed by atoms with Gasteiger partial charge in [-0.2, -0.15) is 0 Å². The van der Waals surface area contributed by atoms with Crippen LogP contribution in [-0.4, -0.2) is 24.5 Å². The molecule has 2 aromatic rings. The second-order valence-electron chi connectivity index (χ2n) is 5.85. The van der Waals surface area contributed by atoms with Crippen molar-refractivity contribution in [3.63, 3.8) is 0 Å². The third kappa shape index (κ3) is 3.18. The van der Waals surface area contributed by atoms with Crippen LogP contribution in [0.4, 0.5) is 0 Å². The first-order valence-electron chi connectivity index (χ1n) is 8.41. The number of hydrogen-bond acceptors (Lipinski definition) is 2. The standard InChI is InChI=1S/C20H25NS/c1-3-21(4-2)14-7-10-18-17-9-6-5-8-16(17)11-12-20-19(18)13-15-22-20/h5-6,8-10,13,15H,3-4,7,11-12,14H2,1-2H3. The van der Waals surface area contributed by atoms with Crippen LogP contribution >= 0.6 is 11.3 Å². The zero-order chi connectivity index (χ0) is 15.4. The summed E-state index contributed by atoms with van der Waals surface area (Å²) in [7, 11) is 0. The summed E-state index contributed by atoms with van der Waals surface area (Å²) in [5, 5.41) is 2.25. The summed E-state index contributed by atoms with van der Waals surface area (Å²) in [6, 6.07) is 11.3. The normalized spacial score (nSPS) is 15.7. The van der Waals surface area contributed by atoms with E-state index in [0.29, 0.717) is 0 Å². The van der Waals surface area contributed by atoms with Gasteiger partial charge in [0.1, 0.15) is 0 Å². The van der Waals surface area contributed by atoms with Gasteiger partial charge in [-0.05, 0) is 66.1 Å². The molecule has 0 radical (unpaired) electrons. The minimum atomic E-state index is 1.13. The van der Waals surface area contributed by atoms with Gasteiger partial charge in [0.2, 0.25) is 0 Å². The van der Waals surface area contributed by atoms with Gasteiger partial charge in [-0.15, -0.1) is 11.3 Å². The van der Waals surface area contributed by atoms with Gasteiger partial charge in [0.05, 0.1) is 0 Å². The molecule has 0 unspecified atom stereocenters. The van der Waals surface area contributed by atoms with Gasteiger partial charge >= 0.3 is 0 Å². The first kappa shape index (κ1) is 15.5. The van der Waals surface area contributed by atoms with Crippen LogP contribution < -0.4 is 0 Å². The molecule has 0 spiro atoms. The van der Waals surface area contributed by atoms with Crippen molar-refractivity contribution in [1.29, 1.82) is 0 Å². The lowest BCUT2D eigenvalue weighted by atomic mass is 9.95. The summed E-state index contributed by atoms with van der Waals surface area (Å²) in [5.41, 5.74) is 5.87. The molecule has 0 bridgehead atoms. The number of fused-ring (bicyclic) bond motifs is 2. The van der Waals surface area contributed by atoms with Crippen molar-refractivity contribution in [2.45, 2.75) is 33.1 Å². The molecule has 0 aliphatic heterocycles. The highest BCUT2D eigenvalue weighted by Crippen LogP contribution is 2.36. The van der Waals surface area contributed by atoms with E-state index in [4.69, 9.17) is 0 Å². The first-order valence-corrected chi connectivity index (χ1v) is 9.29. The fourth-order valence-corrected chi connectivity index (χ4v) is 4.21. The Morgan fingerprint density at radius 3 is 2.68 bits per heavy atom. The van der Waals surface area contributed by atoms with Gasteiger partial charge in [0.15, 0.2) is 0 Å². The van der Waals surface area contributed by atoms with Gasteiger partial charge in [-0.1, -0.05) is 44.2 Å². The Morgan fingerprint density at radius 2 is 1.86 bits per heavy atom. The average molecular weight is 311 g/mol. The summed E-state index contributed by atoms with van der Waals surface area (Å²) < 4.78 is 0. The van der Waals surface area contributed by atoms with Crippen molar-refractivity contribution in [3.8, 4) is 0 Å². The first-order chi connectivity index (χ1) is 10.8. The monoisotopic (exact) mass is 311 g/mol. The van der Waals surface area contributed by atoms with E-state index >= 15 is 0 Å². The molecule has 1 heterocycles. The number of nitrogens with zero attached hydrogens (tertiary/aromatic N) is 1. The molecule has 0 N–H and O–H groups in total. The Labute approximate surface area is 138 Å². The molecule has 1 nitrogen and oxygen atoms in total. The second-order valence-corrected chi connectivity index (χ2v) is 6.85. The molecule has 0 saturated heterocycles. The highest BCUT2D eigenvalue weighted by Gasteiger charge is 2.18. The van der Waals surface area contributed by atoms with E-state index < -0.39 is 0 Å². The maximum Gasteiger partial charge on any atom is 0.0127 e. The molecule has 22 heavy (non-hydrogen) atoms. The fourth-order valence-electron chi connectivity index (χ4n) is 3.32. The van der Waals surface area contributed by atoms with E-state index in [1.54, 1.807) is 4.88 Å². The molecule has 0 amide bonds. The van der Waals surface area contributed by atoms with Crippen LogP contribution in [0.5, 0.6) is 0 Å². The molecule has 1 aromatic carbocycles. The summed E-state index contributed by atoms with van der Waals surface area (Å²) in [5.74, 6) is 0. The zero-order valence-electron chi connectivity index (χ0n) is 13.6. The van der Waals surface area contributed by atoms with Gasteiger partial charge in [0.25, 0.3) is 0 Å². The predicted octanol–water partition coefficient (Wildman–Crippen LogP) is 5.01. The van der Waals surface area contributed by atoms with Crippen molar-refractivity contribution in [3.05, 3.63) is 63.4 Å². The molecule has 1 aromatic heterocycles. The lowest BCUT2D eigenvalue weighted by molar-refractivity contribution is 0.310. The summed E-state index contributed by atoms with van der Waals surface area (Å²) >= 11 is 1.91. The zero-order valence-corrected chi connectivity index (χ0v) is 14.5. The number of rotatable bonds is 5. The van der Waals surface area contributed by atoms with Crippen molar-refractivity contribution < 1.29 is 0 Å². The molecule has 0 saturated carbocycles. The van der Waals surface area contributed by atoms with E-state index in [2.05, 4.69) is 60.5 Å². The molecular formula is C20H25NS. The van der Waals surface area contributed by atoms with Crippen LogP contribution in [-0.2, 0) is 12.8 Å². The highest BCUT2D eigenvalue weighted by atomic mass is 32.1. The molecule has 0 atom stereocenters. The smallest absolute Gasteiger partial charge is 0.0127 e. The highest BCUT2D eigenvalue weighted by molar-refractivity contribution is 7.10. The van der Waals surface area contributed by atoms with Crippen molar-refractivity contribution in [2.24, 2.45) is 0 Å². The van der Waals surface area contributed by atoms with Gasteiger partial charge in [0, 0.05) is 11.4 Å². The molecular weight excluding hydrogens is 286 g/mol. The van der Waals surface area contributed by atoms with E-state index in [1.807, 2.05) is 11.3 Å². The predicted molar refractivity (Wildman–Crippen MR) is 97.7 cm³/mol. The van der Waals surface area contributed by atoms with Crippen molar-refractivity contribution in [1.82, 2.24) is 4.90 Å². The second kappa shape index (κ2) is 7.26. The minimum absolute atomic E-state index is 1.13. The minimum Gasteiger partial charge on any atom is -0.304 e. The quantitative estimate of drug-likeness (QED) is 0.750. The van der Waals surface area contributed by atoms with Crippen LogP contribution in [0.15, 0.2) is 41.8 Å². The number of thiophene rings is 1. The Morgan fingerprint density at radius 1 is 1.05 bits per heavy atom. The number of benzene rings is 1. The average Bonchev–Trinajstić information content (AvgIpc) is 2.97. The number of hydrogen-bond donors (Lipinski definition) is 0. The van der Waals surface area contributed by atoms with Crippen molar-refractivity contribution >= 4 is 16.9 Å². The number of aryl methyl sites for hydroxylation is 2. The maximum atomic E-state index is 2.49. The van der Waals surface area contributed by atoms with Crippen LogP contribution in [0, 0.1) is 0 Å². The lowest BCUT2D eigenvalue weighted by Gasteiger charge is -2.17. The molecule has 2 heteroatoms. The maximum absolute atomic E-state index is 2.49. The van der Waals surface area contributed by atoms with Crippen LogP contribution in [0.25, 0.3) is 5.57 Å². The Bertz CT molecular complexity index is 649. The largest absolute Gasteiger partial charge is 0.304 e. The van der Waals surface area contributed by atoms with Gasteiger partial charge in [-0.3, -0.25) is 0 Å². The summed E-state index contributed by atoms with van der Waals surface area (Å²) in [6.45, 7) is 7.92. The molecule has 3 rings (SSSR count). The molecule has 116 valence electrons. The van der Waals surface area contributed by atoms with E-state index in [1.165, 1.54) is 28.7 Å². The molecule has 1 aliphatic rings. The van der Waals surface area contributed by atoms with Crippen LogP contribution in [0.2, 0.25) is 0 Å². The molecule has 1 aliphatic carbocycles. The van der Waals surface area contributed by atoms with Gasteiger partial charge in [-0.25, -0.2) is 0 Å². The van der Waals surface area contributed by atoms with Gasteiger partial charge < -0.3 is 4.90 Å².